The first-order valence-corrected chi connectivity index (χ1v) is 13.6. The van der Waals surface area contributed by atoms with E-state index in [-0.39, 0.29) is 28.4 Å². The second-order valence-electron chi connectivity index (χ2n) is 8.90. The molecule has 41 heavy (non-hydrogen) atoms. The molecule has 0 aromatic heterocycles. The predicted octanol–water partition coefficient (Wildman–Crippen LogP) is 5.83. The van der Waals surface area contributed by atoms with E-state index in [1.807, 2.05) is 19.9 Å². The number of benzene rings is 3. The maximum atomic E-state index is 14.1. The van der Waals surface area contributed by atoms with Crippen LogP contribution in [0.4, 0.5) is 26.2 Å². The van der Waals surface area contributed by atoms with Crippen LogP contribution < -0.4 is 15.0 Å². The highest BCUT2D eigenvalue weighted by molar-refractivity contribution is 8.18. The fraction of sp³-hybridized carbons (Fsp3) is 0.207. The smallest absolute Gasteiger partial charge is 0.293 e. The first-order valence-electron chi connectivity index (χ1n) is 12.7. The topological polar surface area (TPSA) is 122 Å². The van der Waals surface area contributed by atoms with Crippen molar-refractivity contribution in [3.05, 3.63) is 98.7 Å². The van der Waals surface area contributed by atoms with E-state index < -0.39 is 34.4 Å². The Morgan fingerprint density at radius 1 is 1.10 bits per heavy atom. The zero-order valence-corrected chi connectivity index (χ0v) is 23.2. The van der Waals surface area contributed by atoms with Crippen molar-refractivity contribution in [3.63, 3.8) is 0 Å². The number of anilines is 2. The van der Waals surface area contributed by atoms with Gasteiger partial charge in [-0.25, -0.2) is 4.39 Å². The Labute approximate surface area is 239 Å². The average molecular weight is 579 g/mol. The number of nitrogens with zero attached hydrogens (tertiary/aromatic N) is 3. The molecule has 0 saturated carbocycles. The van der Waals surface area contributed by atoms with Gasteiger partial charge in [0.2, 0.25) is 0 Å². The highest BCUT2D eigenvalue weighted by atomic mass is 32.2. The lowest BCUT2D eigenvalue weighted by Gasteiger charge is -2.22. The summed E-state index contributed by atoms with van der Waals surface area (Å²) in [5, 5.41) is 13.1. The van der Waals surface area contributed by atoms with Crippen molar-refractivity contribution in [1.29, 1.82) is 0 Å². The summed E-state index contributed by atoms with van der Waals surface area (Å²) < 4.78 is 20.0. The molecule has 0 atom stereocenters. The van der Waals surface area contributed by atoms with Gasteiger partial charge < -0.3 is 15.0 Å². The molecule has 0 aliphatic carbocycles. The lowest BCUT2D eigenvalue weighted by Crippen LogP contribution is -2.27. The van der Waals surface area contributed by atoms with Gasteiger partial charge in [-0.2, -0.15) is 0 Å². The quantitative estimate of drug-likeness (QED) is 0.171. The molecule has 3 aromatic carbocycles. The number of hydrogen-bond donors (Lipinski definition) is 1. The van der Waals surface area contributed by atoms with Crippen LogP contribution in [-0.4, -0.2) is 46.6 Å². The second-order valence-corrected chi connectivity index (χ2v) is 9.89. The molecule has 10 nitrogen and oxygen atoms in total. The number of carbonyl (C=O) groups excluding carboxylic acids is 3. The molecule has 12 heteroatoms. The first-order chi connectivity index (χ1) is 19.7. The average Bonchev–Trinajstić information content (AvgIpc) is 3.22. The molecular weight excluding hydrogens is 551 g/mol. The Bertz CT molecular complexity index is 1520. The number of non-ortho nitro benzene ring substituents is 1. The van der Waals surface area contributed by atoms with E-state index in [0.29, 0.717) is 11.3 Å². The van der Waals surface area contributed by atoms with Crippen LogP contribution >= 0.6 is 11.8 Å². The third kappa shape index (κ3) is 7.09. The fourth-order valence-corrected chi connectivity index (χ4v) is 4.99. The molecule has 1 aliphatic heterocycles. The number of carbonyl (C=O) groups is 3. The van der Waals surface area contributed by atoms with Gasteiger partial charge in [-0.15, -0.1) is 0 Å². The maximum Gasteiger partial charge on any atom is 0.293 e. The molecule has 3 aromatic rings. The van der Waals surface area contributed by atoms with Gasteiger partial charge in [0.1, 0.15) is 11.6 Å². The minimum atomic E-state index is -0.564. The summed E-state index contributed by atoms with van der Waals surface area (Å²) in [5.41, 5.74) is 1.59. The van der Waals surface area contributed by atoms with Gasteiger partial charge in [0.25, 0.3) is 22.7 Å². The first kappa shape index (κ1) is 29.3. The molecule has 1 heterocycles. The zero-order valence-electron chi connectivity index (χ0n) is 22.3. The van der Waals surface area contributed by atoms with Gasteiger partial charge in [0, 0.05) is 53.8 Å². The highest BCUT2D eigenvalue weighted by Gasteiger charge is 2.35. The molecule has 4 rings (SSSR count). The van der Waals surface area contributed by atoms with Crippen molar-refractivity contribution in [2.24, 2.45) is 0 Å². The van der Waals surface area contributed by atoms with Crippen LogP contribution in [0, 0.1) is 15.9 Å². The second kappa shape index (κ2) is 13.1. The number of rotatable bonds is 11. The van der Waals surface area contributed by atoms with Crippen molar-refractivity contribution < 1.29 is 28.4 Å². The van der Waals surface area contributed by atoms with Crippen LogP contribution in [0.2, 0.25) is 0 Å². The molecule has 0 bridgehead atoms. The number of nitrogens with one attached hydrogen (secondary N) is 1. The number of amides is 3. The third-order valence-electron chi connectivity index (χ3n) is 6.27. The van der Waals surface area contributed by atoms with E-state index in [9.17, 15) is 28.9 Å². The molecular formula is C29H27FN4O6S. The monoisotopic (exact) mass is 578 g/mol. The number of ether oxygens (including phenoxy) is 1. The summed E-state index contributed by atoms with van der Waals surface area (Å²) in [7, 11) is 0. The van der Waals surface area contributed by atoms with Crippen molar-refractivity contribution >= 4 is 52.0 Å². The molecule has 212 valence electrons. The van der Waals surface area contributed by atoms with Crippen molar-refractivity contribution in [2.75, 3.05) is 29.9 Å². The van der Waals surface area contributed by atoms with E-state index in [0.717, 1.165) is 35.4 Å². The molecule has 1 fully saturated rings. The maximum absolute atomic E-state index is 14.1. The summed E-state index contributed by atoms with van der Waals surface area (Å²) >= 11 is 0.736. The standard InChI is InChI=1S/C29H27FN4O6S/c1-3-32(4-2)22-13-12-19(14-26-28(36)33(29(37)41-26)17-20-8-5-6-11-24(20)30)25(16-22)40-18-27(35)31-21-9-7-10-23(15-21)34(38)39/h5-16H,3-4,17-18H2,1-2H3,(H,31,35)/b26-14+. The number of halogens is 1. The molecule has 1 saturated heterocycles. The molecule has 0 unspecified atom stereocenters. The van der Waals surface area contributed by atoms with E-state index in [2.05, 4.69) is 10.2 Å². The van der Waals surface area contributed by atoms with Gasteiger partial charge in [0.05, 0.1) is 16.4 Å². The largest absolute Gasteiger partial charge is 0.483 e. The van der Waals surface area contributed by atoms with Crippen LogP contribution in [0.25, 0.3) is 6.08 Å². The van der Waals surface area contributed by atoms with Crippen molar-refractivity contribution in [1.82, 2.24) is 4.90 Å². The van der Waals surface area contributed by atoms with Crippen molar-refractivity contribution in [2.45, 2.75) is 20.4 Å². The van der Waals surface area contributed by atoms with Gasteiger partial charge in [-0.3, -0.25) is 29.4 Å². The molecule has 0 radical (unpaired) electrons. The number of hydrogen-bond acceptors (Lipinski definition) is 8. The Kier molecular flexibility index (Phi) is 9.35. The number of imide groups is 1. The van der Waals surface area contributed by atoms with E-state index in [1.54, 1.807) is 18.2 Å². The third-order valence-corrected chi connectivity index (χ3v) is 7.18. The molecule has 1 N–H and O–H groups in total. The summed E-state index contributed by atoms with van der Waals surface area (Å²) in [5.74, 6) is -1.33. The molecule has 1 aliphatic rings. The Morgan fingerprint density at radius 2 is 1.85 bits per heavy atom. The SMILES string of the molecule is CCN(CC)c1ccc(/C=C2/SC(=O)N(Cc3ccccc3F)C2=O)c(OCC(=O)Nc2cccc([N+](=O)[O-])c2)c1. The predicted molar refractivity (Wildman–Crippen MR) is 155 cm³/mol. The van der Waals surface area contributed by atoms with Gasteiger partial charge in [-0.1, -0.05) is 24.3 Å². The van der Waals surface area contributed by atoms with Crippen molar-refractivity contribution in [3.8, 4) is 5.75 Å². The van der Waals surface area contributed by atoms with Crippen LogP contribution in [-0.2, 0) is 16.1 Å². The Morgan fingerprint density at radius 3 is 2.56 bits per heavy atom. The number of nitro benzene ring substituents is 1. The lowest BCUT2D eigenvalue weighted by atomic mass is 10.1. The van der Waals surface area contributed by atoms with Gasteiger partial charge >= 0.3 is 0 Å². The van der Waals surface area contributed by atoms with E-state index >= 15 is 0 Å². The minimum Gasteiger partial charge on any atom is -0.483 e. The summed E-state index contributed by atoms with van der Waals surface area (Å²) in [6.07, 6.45) is 1.51. The number of nitro groups is 1. The summed E-state index contributed by atoms with van der Waals surface area (Å²) in [6, 6.07) is 16.8. The Hall–Kier alpha value is -4.71. The van der Waals surface area contributed by atoms with Crippen LogP contribution in [0.3, 0.4) is 0 Å². The van der Waals surface area contributed by atoms with E-state index in [1.165, 1.54) is 48.5 Å². The summed E-state index contributed by atoms with van der Waals surface area (Å²) in [6.45, 7) is 4.82. The zero-order chi connectivity index (χ0) is 29.5. The molecule has 0 spiro atoms. The van der Waals surface area contributed by atoms with Crippen LogP contribution in [0.1, 0.15) is 25.0 Å². The summed E-state index contributed by atoms with van der Waals surface area (Å²) in [4.78, 5) is 52.0. The normalized spacial score (nSPS) is 13.9. The van der Waals surface area contributed by atoms with E-state index in [4.69, 9.17) is 4.74 Å². The van der Waals surface area contributed by atoms with Gasteiger partial charge in [-0.05, 0) is 56.0 Å². The fourth-order valence-electron chi connectivity index (χ4n) is 4.16. The lowest BCUT2D eigenvalue weighted by molar-refractivity contribution is -0.384. The van der Waals surface area contributed by atoms with Crippen LogP contribution in [0.5, 0.6) is 5.75 Å². The minimum absolute atomic E-state index is 0.132. The van der Waals surface area contributed by atoms with Gasteiger partial charge in [0.15, 0.2) is 6.61 Å². The highest BCUT2D eigenvalue weighted by Crippen LogP contribution is 2.36. The molecule has 3 amide bonds. The Balaban J connectivity index is 1.56. The number of thioether (sulfide) groups is 1. The van der Waals surface area contributed by atoms with Crippen LogP contribution in [0.15, 0.2) is 71.6 Å².